The normalized spacial score (nSPS) is 15.7. The van der Waals surface area contributed by atoms with E-state index in [1.54, 1.807) is 0 Å². The number of nitrogens with zero attached hydrogens (tertiary/aromatic N) is 3. The highest BCUT2D eigenvalue weighted by atomic mass is 127. The van der Waals surface area contributed by atoms with Crippen molar-refractivity contribution in [3.05, 3.63) is 29.8 Å². The number of morpholine rings is 1. The Morgan fingerprint density at radius 2 is 2.05 bits per heavy atom. The minimum absolute atomic E-state index is 0. The molecular formula is C14H23IN4O. The lowest BCUT2D eigenvalue weighted by Gasteiger charge is -2.27. The second-order valence-corrected chi connectivity index (χ2v) is 4.84. The van der Waals surface area contributed by atoms with Crippen LogP contribution in [0.2, 0.25) is 0 Å². The summed E-state index contributed by atoms with van der Waals surface area (Å²) in [5, 5.41) is 0. The molecule has 6 heteroatoms. The monoisotopic (exact) mass is 390 g/mol. The Balaban J connectivity index is 0.00000200. The number of halogens is 1. The zero-order valence-corrected chi connectivity index (χ0v) is 14.4. The van der Waals surface area contributed by atoms with Gasteiger partial charge < -0.3 is 20.3 Å². The lowest BCUT2D eigenvalue weighted by Crippen LogP contribution is -2.44. The standard InChI is InChI=1S/C14H22N4O.HI/c1-17(2)13-5-3-4-12(10-13)11-16-14(15)18-6-8-19-9-7-18;/h3-5,10H,6-9,11H2,1-2H3,(H2,15,16);1H. The van der Waals surface area contributed by atoms with Crippen LogP contribution in [0.5, 0.6) is 0 Å². The summed E-state index contributed by atoms with van der Waals surface area (Å²) in [5.41, 5.74) is 8.35. The molecule has 0 aromatic heterocycles. The van der Waals surface area contributed by atoms with E-state index in [2.05, 4.69) is 33.0 Å². The van der Waals surface area contributed by atoms with Crippen LogP contribution in [0.15, 0.2) is 29.3 Å². The topological polar surface area (TPSA) is 54.1 Å². The average molecular weight is 390 g/mol. The summed E-state index contributed by atoms with van der Waals surface area (Å²) in [5.74, 6) is 0.610. The Morgan fingerprint density at radius 3 is 2.70 bits per heavy atom. The molecule has 2 N–H and O–H groups in total. The molecule has 1 heterocycles. The summed E-state index contributed by atoms with van der Waals surface area (Å²) in [7, 11) is 4.06. The van der Waals surface area contributed by atoms with Crippen molar-refractivity contribution in [2.45, 2.75) is 6.54 Å². The molecule has 0 spiro atoms. The van der Waals surface area contributed by atoms with Crippen LogP contribution in [-0.2, 0) is 11.3 Å². The van der Waals surface area contributed by atoms with E-state index in [9.17, 15) is 0 Å². The van der Waals surface area contributed by atoms with E-state index in [1.807, 2.05) is 20.2 Å². The largest absolute Gasteiger partial charge is 0.378 e. The predicted molar refractivity (Wildman–Crippen MR) is 93.9 cm³/mol. The van der Waals surface area contributed by atoms with Crippen molar-refractivity contribution in [2.24, 2.45) is 10.7 Å². The van der Waals surface area contributed by atoms with Crippen molar-refractivity contribution < 1.29 is 4.74 Å². The molecule has 20 heavy (non-hydrogen) atoms. The van der Waals surface area contributed by atoms with E-state index < -0.39 is 0 Å². The molecule has 1 aliphatic heterocycles. The van der Waals surface area contributed by atoms with Gasteiger partial charge in [-0.15, -0.1) is 24.0 Å². The zero-order chi connectivity index (χ0) is 13.7. The summed E-state index contributed by atoms with van der Waals surface area (Å²) in [6.45, 7) is 3.73. The van der Waals surface area contributed by atoms with E-state index in [4.69, 9.17) is 10.5 Å². The van der Waals surface area contributed by atoms with Crippen molar-refractivity contribution in [1.29, 1.82) is 0 Å². The van der Waals surface area contributed by atoms with Crippen LogP contribution in [0.1, 0.15) is 5.56 Å². The Hall–Kier alpha value is -1.02. The summed E-state index contributed by atoms with van der Waals surface area (Å²) in [6.07, 6.45) is 0. The number of benzene rings is 1. The van der Waals surface area contributed by atoms with Crippen molar-refractivity contribution in [1.82, 2.24) is 4.90 Å². The van der Waals surface area contributed by atoms with Gasteiger partial charge in [-0.3, -0.25) is 0 Å². The van der Waals surface area contributed by atoms with Crippen LogP contribution in [-0.4, -0.2) is 51.3 Å². The van der Waals surface area contributed by atoms with E-state index in [0.717, 1.165) is 26.3 Å². The molecule has 0 saturated carbocycles. The van der Waals surface area contributed by atoms with Gasteiger partial charge in [0.2, 0.25) is 0 Å². The summed E-state index contributed by atoms with van der Waals surface area (Å²) < 4.78 is 5.30. The molecule has 0 amide bonds. The molecule has 1 aliphatic rings. The van der Waals surface area contributed by atoms with E-state index in [1.165, 1.54) is 11.3 Å². The smallest absolute Gasteiger partial charge is 0.191 e. The van der Waals surface area contributed by atoms with E-state index in [0.29, 0.717) is 12.5 Å². The molecule has 2 rings (SSSR count). The van der Waals surface area contributed by atoms with Gasteiger partial charge in [-0.05, 0) is 17.7 Å². The minimum atomic E-state index is 0. The predicted octanol–water partition coefficient (Wildman–Crippen LogP) is 1.52. The fourth-order valence-corrected chi connectivity index (χ4v) is 2.00. The Bertz CT molecular complexity index is 445. The van der Waals surface area contributed by atoms with Crippen LogP contribution in [0.3, 0.4) is 0 Å². The number of ether oxygens (including phenoxy) is 1. The van der Waals surface area contributed by atoms with Crippen molar-refractivity contribution in [2.75, 3.05) is 45.3 Å². The molecule has 1 aromatic rings. The molecule has 0 radical (unpaired) electrons. The summed E-state index contributed by atoms with van der Waals surface area (Å²) in [6, 6.07) is 8.34. The van der Waals surface area contributed by atoms with Gasteiger partial charge in [0.15, 0.2) is 5.96 Å². The fraction of sp³-hybridized carbons (Fsp3) is 0.500. The Labute approximate surface area is 137 Å². The van der Waals surface area contributed by atoms with Gasteiger partial charge in [-0.2, -0.15) is 0 Å². The van der Waals surface area contributed by atoms with Crippen molar-refractivity contribution in [3.63, 3.8) is 0 Å². The first-order valence-corrected chi connectivity index (χ1v) is 6.55. The minimum Gasteiger partial charge on any atom is -0.378 e. The molecule has 0 atom stereocenters. The van der Waals surface area contributed by atoms with Gasteiger partial charge in [0.25, 0.3) is 0 Å². The highest BCUT2D eigenvalue weighted by Gasteiger charge is 2.11. The van der Waals surface area contributed by atoms with Crippen LogP contribution in [0.4, 0.5) is 5.69 Å². The highest BCUT2D eigenvalue weighted by Crippen LogP contribution is 2.14. The Kier molecular flexibility index (Phi) is 7.08. The van der Waals surface area contributed by atoms with Crippen LogP contribution in [0, 0.1) is 0 Å². The highest BCUT2D eigenvalue weighted by molar-refractivity contribution is 14.0. The number of hydrogen-bond donors (Lipinski definition) is 1. The van der Waals surface area contributed by atoms with E-state index in [-0.39, 0.29) is 24.0 Å². The number of anilines is 1. The molecule has 1 aromatic carbocycles. The first kappa shape index (κ1) is 17.0. The van der Waals surface area contributed by atoms with Gasteiger partial charge in [0, 0.05) is 32.9 Å². The van der Waals surface area contributed by atoms with Crippen molar-refractivity contribution in [3.8, 4) is 0 Å². The number of nitrogens with two attached hydrogens (primary N) is 1. The van der Waals surface area contributed by atoms with Crippen molar-refractivity contribution >= 4 is 35.6 Å². The molecule has 0 unspecified atom stereocenters. The van der Waals surface area contributed by atoms with Crippen LogP contribution >= 0.6 is 24.0 Å². The van der Waals surface area contributed by atoms with Gasteiger partial charge in [0.1, 0.15) is 0 Å². The number of hydrogen-bond acceptors (Lipinski definition) is 3. The lowest BCUT2D eigenvalue weighted by atomic mass is 10.2. The number of aliphatic imine (C=N–C) groups is 1. The van der Waals surface area contributed by atoms with Gasteiger partial charge in [-0.25, -0.2) is 4.99 Å². The molecule has 1 saturated heterocycles. The summed E-state index contributed by atoms with van der Waals surface area (Å²) in [4.78, 5) is 8.62. The average Bonchev–Trinajstić information content (AvgIpc) is 2.46. The summed E-state index contributed by atoms with van der Waals surface area (Å²) >= 11 is 0. The third-order valence-corrected chi connectivity index (χ3v) is 3.19. The number of rotatable bonds is 3. The first-order chi connectivity index (χ1) is 9.16. The quantitative estimate of drug-likeness (QED) is 0.483. The molecule has 5 nitrogen and oxygen atoms in total. The zero-order valence-electron chi connectivity index (χ0n) is 12.1. The van der Waals surface area contributed by atoms with Gasteiger partial charge >= 0.3 is 0 Å². The Morgan fingerprint density at radius 1 is 1.35 bits per heavy atom. The third-order valence-electron chi connectivity index (χ3n) is 3.19. The fourth-order valence-electron chi connectivity index (χ4n) is 2.00. The molecule has 112 valence electrons. The maximum Gasteiger partial charge on any atom is 0.191 e. The van der Waals surface area contributed by atoms with E-state index >= 15 is 0 Å². The van der Waals surface area contributed by atoms with Crippen LogP contribution < -0.4 is 10.6 Å². The molecular weight excluding hydrogens is 367 g/mol. The molecule has 0 bridgehead atoms. The molecule has 1 fully saturated rings. The third kappa shape index (κ3) is 4.82. The maximum atomic E-state index is 6.00. The SMILES string of the molecule is CN(C)c1cccc(CN=C(N)N2CCOCC2)c1.I. The van der Waals surface area contributed by atoms with Gasteiger partial charge in [0.05, 0.1) is 19.8 Å². The van der Waals surface area contributed by atoms with Gasteiger partial charge in [-0.1, -0.05) is 12.1 Å². The van der Waals surface area contributed by atoms with Crippen LogP contribution in [0.25, 0.3) is 0 Å². The first-order valence-electron chi connectivity index (χ1n) is 6.55. The number of guanidine groups is 1. The second kappa shape index (κ2) is 8.31. The second-order valence-electron chi connectivity index (χ2n) is 4.84. The lowest BCUT2D eigenvalue weighted by molar-refractivity contribution is 0.0674. The maximum absolute atomic E-state index is 6.00. The molecule has 0 aliphatic carbocycles.